The first kappa shape index (κ1) is 19.3. The topological polar surface area (TPSA) is 54.0 Å². The van der Waals surface area contributed by atoms with Crippen LogP contribution in [0.3, 0.4) is 0 Å². The highest BCUT2D eigenvalue weighted by Crippen LogP contribution is 2.53. The number of ether oxygens (including phenoxy) is 4. The molecule has 1 saturated heterocycles. The third kappa shape index (κ3) is 3.30. The normalized spacial score (nSPS) is 30.5. The summed E-state index contributed by atoms with van der Waals surface area (Å²) >= 11 is 0. The fourth-order valence-corrected chi connectivity index (χ4v) is 4.63. The number of fused-ring (bicyclic) bond motifs is 3. The van der Waals surface area contributed by atoms with Gasteiger partial charge in [0, 0.05) is 18.6 Å². The van der Waals surface area contributed by atoms with Crippen LogP contribution in [0.1, 0.15) is 57.1 Å². The Bertz CT molecular complexity index is 765. The van der Waals surface area contributed by atoms with Crippen LogP contribution in [0, 0.1) is 0 Å². The van der Waals surface area contributed by atoms with E-state index in [1.165, 1.54) is 11.1 Å². The van der Waals surface area contributed by atoms with E-state index in [0.717, 1.165) is 43.6 Å². The number of rotatable bonds is 6. The van der Waals surface area contributed by atoms with Gasteiger partial charge in [-0.05, 0) is 50.3 Å². The first-order valence-corrected chi connectivity index (χ1v) is 10.4. The average Bonchev–Trinajstić information content (AvgIpc) is 3.33. The van der Waals surface area contributed by atoms with Crippen LogP contribution in [0.15, 0.2) is 24.3 Å². The van der Waals surface area contributed by atoms with E-state index in [4.69, 9.17) is 18.9 Å². The number of benzene rings is 1. The minimum Gasteiger partial charge on any atom is -0.493 e. The Kier molecular flexibility index (Phi) is 5.37. The van der Waals surface area contributed by atoms with Crippen LogP contribution in [0.2, 0.25) is 0 Å². The van der Waals surface area contributed by atoms with E-state index in [2.05, 4.69) is 26.0 Å². The van der Waals surface area contributed by atoms with E-state index < -0.39 is 6.10 Å². The molecule has 0 aromatic heterocycles. The van der Waals surface area contributed by atoms with Crippen LogP contribution in [-0.4, -0.2) is 38.0 Å². The first-order valence-electron chi connectivity index (χ1n) is 10.4. The van der Waals surface area contributed by atoms with Gasteiger partial charge in [0.2, 0.25) is 0 Å². The summed E-state index contributed by atoms with van der Waals surface area (Å²) < 4.78 is 23.1. The fourth-order valence-electron chi connectivity index (χ4n) is 4.63. The summed E-state index contributed by atoms with van der Waals surface area (Å²) in [6.45, 7) is 5.06. The third-order valence-corrected chi connectivity index (χ3v) is 6.26. The number of esters is 1. The molecular weight excluding hydrogens is 356 g/mol. The molecule has 1 aliphatic carbocycles. The van der Waals surface area contributed by atoms with Crippen molar-refractivity contribution < 1.29 is 23.7 Å². The number of carbonyl (C=O) groups excluding carboxylic acids is 1. The molecule has 28 heavy (non-hydrogen) atoms. The molecule has 1 aromatic rings. The Labute approximate surface area is 167 Å². The maximum atomic E-state index is 12.3. The van der Waals surface area contributed by atoms with Crippen molar-refractivity contribution in [1.82, 2.24) is 0 Å². The molecule has 4 atom stereocenters. The molecule has 0 N–H and O–H groups in total. The van der Waals surface area contributed by atoms with Gasteiger partial charge in [-0.2, -0.15) is 0 Å². The number of hydrogen-bond acceptors (Lipinski definition) is 5. The van der Waals surface area contributed by atoms with Gasteiger partial charge in [-0.3, -0.25) is 0 Å². The summed E-state index contributed by atoms with van der Waals surface area (Å²) in [5.41, 5.74) is 2.31. The van der Waals surface area contributed by atoms with Crippen molar-refractivity contribution in [2.24, 2.45) is 0 Å². The van der Waals surface area contributed by atoms with Crippen LogP contribution < -0.4 is 9.47 Å². The van der Waals surface area contributed by atoms with Crippen molar-refractivity contribution >= 4 is 5.97 Å². The second-order valence-electron chi connectivity index (χ2n) is 8.20. The van der Waals surface area contributed by atoms with E-state index in [-0.39, 0.29) is 23.6 Å². The van der Waals surface area contributed by atoms with E-state index in [0.29, 0.717) is 13.0 Å². The first-order chi connectivity index (χ1) is 13.6. The zero-order chi connectivity index (χ0) is 19.7. The van der Waals surface area contributed by atoms with Gasteiger partial charge >= 0.3 is 5.97 Å². The highest BCUT2D eigenvalue weighted by molar-refractivity contribution is 5.75. The molecule has 2 heterocycles. The molecule has 0 radical (unpaired) electrons. The molecular formula is C23H30O5. The molecule has 1 fully saturated rings. The van der Waals surface area contributed by atoms with Crippen LogP contribution in [0.25, 0.3) is 0 Å². The summed E-state index contributed by atoms with van der Waals surface area (Å²) in [5.74, 6) is 1.36. The predicted molar refractivity (Wildman–Crippen MR) is 106 cm³/mol. The van der Waals surface area contributed by atoms with Crippen molar-refractivity contribution in [1.29, 1.82) is 0 Å². The zero-order valence-corrected chi connectivity index (χ0v) is 17.0. The monoisotopic (exact) mass is 386 g/mol. The molecule has 0 spiro atoms. The van der Waals surface area contributed by atoms with Crippen LogP contribution >= 0.6 is 0 Å². The maximum absolute atomic E-state index is 12.3. The van der Waals surface area contributed by atoms with E-state index in [1.807, 2.05) is 12.1 Å². The van der Waals surface area contributed by atoms with Crippen LogP contribution in [-0.2, 0) is 26.1 Å². The van der Waals surface area contributed by atoms with Gasteiger partial charge in [-0.15, -0.1) is 0 Å². The van der Waals surface area contributed by atoms with Crippen LogP contribution in [0.5, 0.6) is 11.5 Å². The lowest BCUT2D eigenvalue weighted by Crippen LogP contribution is -2.41. The van der Waals surface area contributed by atoms with Gasteiger partial charge in [-0.25, -0.2) is 4.79 Å². The standard InChI is InChI=1S/C23H30O5/c1-4-5-7-15-9-10-17(25-3)21-20(15)23(2)12-11-16(14-19(23)28-21)27-22(24)18-8-6-13-26-18/h9-12,16,18-19H,4-8,13-14H2,1-3H3/t16-,18?,19-,23+/m0/s1. The van der Waals surface area contributed by atoms with Gasteiger partial charge < -0.3 is 18.9 Å². The molecule has 3 aliphatic rings. The molecule has 5 nitrogen and oxygen atoms in total. The molecule has 152 valence electrons. The molecule has 0 amide bonds. The quantitative estimate of drug-likeness (QED) is 0.544. The van der Waals surface area contributed by atoms with E-state index in [1.54, 1.807) is 7.11 Å². The number of aryl methyl sites for hydroxylation is 1. The molecule has 0 bridgehead atoms. The Hall–Kier alpha value is -2.01. The van der Waals surface area contributed by atoms with Gasteiger partial charge in [0.05, 0.1) is 12.5 Å². The SMILES string of the molecule is CCCCc1ccc(OC)c2c1[C@]1(C)C=C[C@H](OC(=O)C3CCCO3)C[C@@H]1O2. The van der Waals surface area contributed by atoms with E-state index in [9.17, 15) is 4.79 Å². The fraction of sp³-hybridized carbons (Fsp3) is 0.609. The zero-order valence-electron chi connectivity index (χ0n) is 17.0. The van der Waals surface area contributed by atoms with Gasteiger partial charge in [-0.1, -0.05) is 25.5 Å². The lowest BCUT2D eigenvalue weighted by Gasteiger charge is -2.34. The number of methoxy groups -OCH3 is 1. The van der Waals surface area contributed by atoms with Gasteiger partial charge in [0.1, 0.15) is 12.2 Å². The highest BCUT2D eigenvalue weighted by atomic mass is 16.6. The molecule has 0 saturated carbocycles. The Morgan fingerprint density at radius 1 is 1.36 bits per heavy atom. The van der Waals surface area contributed by atoms with Gasteiger partial charge in [0.25, 0.3) is 0 Å². The molecule has 1 unspecified atom stereocenters. The van der Waals surface area contributed by atoms with Gasteiger partial charge in [0.15, 0.2) is 17.6 Å². The maximum Gasteiger partial charge on any atom is 0.335 e. The smallest absolute Gasteiger partial charge is 0.335 e. The summed E-state index contributed by atoms with van der Waals surface area (Å²) in [5, 5.41) is 0. The lowest BCUT2D eigenvalue weighted by atomic mass is 9.71. The summed E-state index contributed by atoms with van der Waals surface area (Å²) in [7, 11) is 1.68. The van der Waals surface area contributed by atoms with Crippen molar-refractivity contribution in [3.63, 3.8) is 0 Å². The summed E-state index contributed by atoms with van der Waals surface area (Å²) in [6.07, 6.45) is 9.03. The number of unbranched alkanes of at least 4 members (excludes halogenated alkanes) is 1. The minimum absolute atomic E-state index is 0.0773. The minimum atomic E-state index is -0.413. The second kappa shape index (κ2) is 7.78. The van der Waals surface area contributed by atoms with Crippen molar-refractivity contribution in [2.75, 3.05) is 13.7 Å². The Morgan fingerprint density at radius 3 is 2.93 bits per heavy atom. The largest absolute Gasteiger partial charge is 0.493 e. The summed E-state index contributed by atoms with van der Waals surface area (Å²) in [6, 6.07) is 4.17. The second-order valence-corrected chi connectivity index (χ2v) is 8.20. The predicted octanol–water partition coefficient (Wildman–Crippen LogP) is 4.11. The highest BCUT2D eigenvalue weighted by Gasteiger charge is 2.49. The Morgan fingerprint density at radius 2 is 2.21 bits per heavy atom. The average molecular weight is 386 g/mol. The van der Waals surface area contributed by atoms with Crippen molar-refractivity contribution in [3.8, 4) is 11.5 Å². The van der Waals surface area contributed by atoms with Crippen LogP contribution in [0.4, 0.5) is 0 Å². The molecule has 1 aromatic carbocycles. The van der Waals surface area contributed by atoms with Crippen molar-refractivity contribution in [3.05, 3.63) is 35.4 Å². The number of carbonyl (C=O) groups is 1. The third-order valence-electron chi connectivity index (χ3n) is 6.26. The summed E-state index contributed by atoms with van der Waals surface area (Å²) in [4.78, 5) is 12.3. The molecule has 5 heteroatoms. The Balaban J connectivity index is 1.58. The molecule has 4 rings (SSSR count). The van der Waals surface area contributed by atoms with E-state index >= 15 is 0 Å². The number of hydrogen-bond donors (Lipinski definition) is 0. The lowest BCUT2D eigenvalue weighted by molar-refractivity contribution is -0.159. The van der Waals surface area contributed by atoms with Crippen molar-refractivity contribution in [2.45, 2.75) is 76.1 Å². The molecule has 2 aliphatic heterocycles.